The number of ether oxygens (including phenoxy) is 1. The first-order chi connectivity index (χ1) is 18.4. The van der Waals surface area contributed by atoms with Crippen molar-refractivity contribution in [3.63, 3.8) is 0 Å². The summed E-state index contributed by atoms with van der Waals surface area (Å²) in [6.07, 6.45) is 4.76. The van der Waals surface area contributed by atoms with Crippen LogP contribution in [0.5, 0.6) is 0 Å². The van der Waals surface area contributed by atoms with Gasteiger partial charge in [0.1, 0.15) is 23.8 Å². The highest BCUT2D eigenvalue weighted by Crippen LogP contribution is 2.20. The minimum Gasteiger partial charge on any atom is -0.444 e. The van der Waals surface area contributed by atoms with Gasteiger partial charge in [-0.3, -0.25) is 4.79 Å². The van der Waals surface area contributed by atoms with E-state index in [0.717, 1.165) is 13.0 Å². The van der Waals surface area contributed by atoms with Crippen molar-refractivity contribution in [3.05, 3.63) is 29.6 Å². The Morgan fingerprint density at radius 2 is 1.95 bits per heavy atom. The van der Waals surface area contributed by atoms with Crippen LogP contribution in [0.3, 0.4) is 0 Å². The van der Waals surface area contributed by atoms with Crippen LogP contribution in [0.2, 0.25) is 0 Å². The van der Waals surface area contributed by atoms with Crippen LogP contribution in [0.4, 0.5) is 28.1 Å². The summed E-state index contributed by atoms with van der Waals surface area (Å²) in [5.41, 5.74) is 7.35. The molecular formula is C27H39N9O3. The molecule has 0 aliphatic carbocycles. The number of pyridine rings is 1. The minimum absolute atomic E-state index is 0.0838. The molecule has 0 saturated heterocycles. The van der Waals surface area contributed by atoms with Crippen LogP contribution in [0, 0.1) is 17.3 Å². The fraction of sp³-hybridized carbons (Fsp3) is 0.481. The summed E-state index contributed by atoms with van der Waals surface area (Å²) in [5.74, 6) is 7.18. The molecule has 0 aliphatic rings. The van der Waals surface area contributed by atoms with Crippen molar-refractivity contribution in [2.45, 2.75) is 59.5 Å². The number of likely N-dealkylation sites (N-methyl/N-ethyl adjacent to an activating group) is 1. The normalized spacial score (nSPS) is 10.6. The smallest absolute Gasteiger partial charge is 0.410 e. The number of nitrogens with zero attached hydrogens (tertiary/aromatic N) is 4. The molecular weight excluding hydrogens is 498 g/mol. The number of rotatable bonds is 11. The summed E-state index contributed by atoms with van der Waals surface area (Å²) >= 11 is 0. The van der Waals surface area contributed by atoms with Crippen molar-refractivity contribution in [3.8, 4) is 11.8 Å². The maximum atomic E-state index is 12.1. The number of anilines is 4. The average Bonchev–Trinajstić information content (AvgIpc) is 2.85. The Kier molecular flexibility index (Phi) is 11.5. The molecule has 0 atom stereocenters. The van der Waals surface area contributed by atoms with Crippen molar-refractivity contribution in [2.75, 3.05) is 43.0 Å². The van der Waals surface area contributed by atoms with Gasteiger partial charge < -0.3 is 36.7 Å². The molecule has 0 aliphatic heterocycles. The largest absolute Gasteiger partial charge is 0.444 e. The SMILES string of the molecule is CCCNc1nc(Nc2cnc(N)c(C(C)=N)c2)ncc1C#CCCCNC(=O)CN(C)C(=O)OC(C)(C)C. The first-order valence-corrected chi connectivity index (χ1v) is 12.8. The molecule has 0 bridgehead atoms. The van der Waals surface area contributed by atoms with Crippen molar-refractivity contribution >= 4 is 41.0 Å². The lowest BCUT2D eigenvalue weighted by Crippen LogP contribution is -2.41. The van der Waals surface area contributed by atoms with Gasteiger partial charge in [-0.1, -0.05) is 18.8 Å². The van der Waals surface area contributed by atoms with Crippen LogP contribution in [0.25, 0.3) is 0 Å². The zero-order chi connectivity index (χ0) is 29.0. The Morgan fingerprint density at radius 3 is 2.62 bits per heavy atom. The molecule has 210 valence electrons. The minimum atomic E-state index is -0.618. The molecule has 6 N–H and O–H groups in total. The number of unbranched alkanes of at least 4 members (excludes halogenated alkanes) is 1. The van der Waals surface area contributed by atoms with Gasteiger partial charge in [0.25, 0.3) is 0 Å². The number of hydrogen-bond acceptors (Lipinski definition) is 10. The Bertz CT molecular complexity index is 1230. The van der Waals surface area contributed by atoms with E-state index in [4.69, 9.17) is 15.9 Å². The van der Waals surface area contributed by atoms with E-state index in [0.29, 0.717) is 53.7 Å². The van der Waals surface area contributed by atoms with Crippen LogP contribution in [-0.2, 0) is 9.53 Å². The van der Waals surface area contributed by atoms with Crippen LogP contribution in [0.1, 0.15) is 65.0 Å². The average molecular weight is 538 g/mol. The van der Waals surface area contributed by atoms with Crippen LogP contribution in [-0.4, -0.2) is 69.8 Å². The zero-order valence-corrected chi connectivity index (χ0v) is 23.6. The summed E-state index contributed by atoms with van der Waals surface area (Å²) in [4.78, 5) is 38.4. The summed E-state index contributed by atoms with van der Waals surface area (Å²) in [6, 6.07) is 1.73. The second kappa shape index (κ2) is 14.5. The van der Waals surface area contributed by atoms with Gasteiger partial charge in [-0.25, -0.2) is 14.8 Å². The fourth-order valence-electron chi connectivity index (χ4n) is 3.12. The third kappa shape index (κ3) is 10.9. The maximum absolute atomic E-state index is 12.1. The van der Waals surface area contributed by atoms with E-state index in [1.807, 2.05) is 0 Å². The van der Waals surface area contributed by atoms with Gasteiger partial charge in [0.2, 0.25) is 11.9 Å². The predicted molar refractivity (Wildman–Crippen MR) is 153 cm³/mol. The topological polar surface area (TPSA) is 171 Å². The van der Waals surface area contributed by atoms with E-state index in [9.17, 15) is 9.59 Å². The number of carbonyl (C=O) groups is 2. The molecule has 0 aromatic carbocycles. The lowest BCUT2D eigenvalue weighted by molar-refractivity contribution is -0.122. The van der Waals surface area contributed by atoms with E-state index in [2.05, 4.69) is 49.7 Å². The lowest BCUT2D eigenvalue weighted by Gasteiger charge is -2.24. The third-order valence-corrected chi connectivity index (χ3v) is 5.02. The van der Waals surface area contributed by atoms with Crippen molar-refractivity contribution < 1.29 is 14.3 Å². The number of nitrogen functional groups attached to an aromatic ring is 1. The van der Waals surface area contributed by atoms with Crippen molar-refractivity contribution in [1.29, 1.82) is 5.41 Å². The van der Waals surface area contributed by atoms with E-state index in [-0.39, 0.29) is 18.3 Å². The number of carbonyl (C=O) groups excluding carboxylic acids is 2. The number of hydrogen-bond donors (Lipinski definition) is 5. The molecule has 0 fully saturated rings. The molecule has 12 nitrogen and oxygen atoms in total. The summed E-state index contributed by atoms with van der Waals surface area (Å²) in [5, 5.41) is 17.0. The molecule has 12 heteroatoms. The summed E-state index contributed by atoms with van der Waals surface area (Å²) in [6.45, 7) is 10.1. The van der Waals surface area contributed by atoms with Gasteiger partial charge in [-0.05, 0) is 46.6 Å². The number of aromatic nitrogens is 3. The molecule has 2 amide bonds. The van der Waals surface area contributed by atoms with Gasteiger partial charge >= 0.3 is 6.09 Å². The summed E-state index contributed by atoms with van der Waals surface area (Å²) in [7, 11) is 1.52. The monoisotopic (exact) mass is 537 g/mol. The third-order valence-electron chi connectivity index (χ3n) is 5.02. The Balaban J connectivity index is 1.93. The highest BCUT2D eigenvalue weighted by molar-refractivity contribution is 6.01. The maximum Gasteiger partial charge on any atom is 0.410 e. The van der Waals surface area contributed by atoms with E-state index in [1.54, 1.807) is 46.2 Å². The highest BCUT2D eigenvalue weighted by atomic mass is 16.6. The molecule has 2 rings (SSSR count). The second-order valence-corrected chi connectivity index (χ2v) is 9.88. The number of nitrogens with two attached hydrogens (primary N) is 1. The van der Waals surface area contributed by atoms with E-state index >= 15 is 0 Å². The fourth-order valence-corrected chi connectivity index (χ4v) is 3.12. The van der Waals surface area contributed by atoms with E-state index < -0.39 is 11.7 Å². The predicted octanol–water partition coefficient (Wildman–Crippen LogP) is 3.52. The van der Waals surface area contributed by atoms with Crippen molar-refractivity contribution in [1.82, 2.24) is 25.2 Å². The van der Waals surface area contributed by atoms with Gasteiger partial charge in [-0.2, -0.15) is 4.98 Å². The number of nitrogens with one attached hydrogen (secondary N) is 4. The van der Waals surface area contributed by atoms with Gasteiger partial charge in [-0.15, -0.1) is 0 Å². The van der Waals surface area contributed by atoms with Crippen LogP contribution in [0.15, 0.2) is 18.5 Å². The van der Waals surface area contributed by atoms with Crippen molar-refractivity contribution in [2.24, 2.45) is 0 Å². The second-order valence-electron chi connectivity index (χ2n) is 9.88. The molecule has 0 spiro atoms. The van der Waals surface area contributed by atoms with Crippen LogP contribution < -0.4 is 21.7 Å². The number of amides is 2. The zero-order valence-electron chi connectivity index (χ0n) is 23.6. The van der Waals surface area contributed by atoms with Crippen LogP contribution >= 0.6 is 0 Å². The highest BCUT2D eigenvalue weighted by Gasteiger charge is 2.20. The first-order valence-electron chi connectivity index (χ1n) is 12.8. The Labute approximate surface area is 230 Å². The molecule has 2 heterocycles. The van der Waals surface area contributed by atoms with Gasteiger partial charge in [0.05, 0.1) is 23.6 Å². The molecule has 0 unspecified atom stereocenters. The molecule has 39 heavy (non-hydrogen) atoms. The quantitative estimate of drug-likeness (QED) is 0.163. The molecule has 0 saturated carbocycles. The van der Waals surface area contributed by atoms with E-state index in [1.165, 1.54) is 11.9 Å². The van der Waals surface area contributed by atoms with Gasteiger partial charge in [0, 0.05) is 37.8 Å². The first kappa shape index (κ1) is 30.8. The van der Waals surface area contributed by atoms with Gasteiger partial charge in [0.15, 0.2) is 0 Å². The standard InChI is InChI=1S/C27H39N9O3/c1-7-12-31-24-19(15-33-25(35-24)34-20-14-21(18(2)28)23(29)32-16-20)11-9-8-10-13-30-22(37)17-36(6)26(38)39-27(3,4)5/h14-16,28H,7-8,10,12-13,17H2,1-6H3,(H2,29,32)(H,30,37)(H2,31,33,34,35). The summed E-state index contributed by atoms with van der Waals surface area (Å²) < 4.78 is 5.24. The molecule has 2 aromatic heterocycles. The lowest BCUT2D eigenvalue weighted by atomic mass is 10.1. The Morgan fingerprint density at radius 1 is 1.21 bits per heavy atom. The Hall–Kier alpha value is -4.40. The molecule has 0 radical (unpaired) electrons. The molecule has 2 aromatic rings.